The van der Waals surface area contributed by atoms with E-state index in [9.17, 15) is 19.0 Å². The van der Waals surface area contributed by atoms with Crippen LogP contribution in [0.5, 0.6) is 0 Å². The van der Waals surface area contributed by atoms with Gasteiger partial charge in [0.05, 0.1) is 13.2 Å². The van der Waals surface area contributed by atoms with Gasteiger partial charge in [-0.05, 0) is 75.6 Å². The minimum atomic E-state index is -4.40. The van der Waals surface area contributed by atoms with Crippen LogP contribution in [0.4, 0.5) is 0 Å². The van der Waals surface area contributed by atoms with Crippen LogP contribution in [-0.4, -0.2) is 49.3 Å². The van der Waals surface area contributed by atoms with Gasteiger partial charge in [-0.1, -0.05) is 142 Å². The van der Waals surface area contributed by atoms with Crippen molar-refractivity contribution in [2.45, 2.75) is 239 Å². The summed E-state index contributed by atoms with van der Waals surface area (Å²) in [5, 5.41) is 0. The first-order chi connectivity index (χ1) is 30.6. The zero-order valence-corrected chi connectivity index (χ0v) is 41.2. The minimum Gasteiger partial charge on any atom is -0.466 e. The van der Waals surface area contributed by atoms with Crippen LogP contribution < -0.4 is 5.73 Å². The van der Waals surface area contributed by atoms with Crippen molar-refractivity contribution in [2.24, 2.45) is 5.73 Å². The quantitative estimate of drug-likeness (QED) is 0.0370. The predicted molar refractivity (Wildman–Crippen MR) is 254 cm³/mol. The van der Waals surface area contributed by atoms with E-state index in [1.807, 2.05) is 0 Å². The summed E-state index contributed by atoms with van der Waals surface area (Å²) in [6.45, 7) is 7.97. The van der Waals surface area contributed by atoms with E-state index in [4.69, 9.17) is 33.1 Å². The number of esters is 2. The molecule has 2 aromatic heterocycles. The molecule has 0 spiro atoms. The van der Waals surface area contributed by atoms with Crippen molar-refractivity contribution in [1.29, 1.82) is 0 Å². The fourth-order valence-electron chi connectivity index (χ4n) is 7.96. The summed E-state index contributed by atoms with van der Waals surface area (Å²) in [5.74, 6) is 3.77. The number of ether oxygens (including phenoxy) is 2. The van der Waals surface area contributed by atoms with Crippen molar-refractivity contribution in [2.75, 3.05) is 26.4 Å². The maximum Gasteiger partial charge on any atom is 0.472 e. The molecule has 0 fully saturated rings. The van der Waals surface area contributed by atoms with Gasteiger partial charge in [0.1, 0.15) is 29.6 Å². The molecule has 0 aliphatic carbocycles. The second kappa shape index (κ2) is 36.7. The molecule has 63 heavy (non-hydrogen) atoms. The van der Waals surface area contributed by atoms with Gasteiger partial charge in [-0.2, -0.15) is 0 Å². The lowest BCUT2D eigenvalue weighted by atomic mass is 10.0. The van der Waals surface area contributed by atoms with Gasteiger partial charge in [0, 0.05) is 45.1 Å². The number of carbonyl (C=O) groups excluding carboxylic acids is 2. The molecule has 2 heterocycles. The summed E-state index contributed by atoms with van der Waals surface area (Å²) in [5.41, 5.74) is 7.97. The van der Waals surface area contributed by atoms with Gasteiger partial charge < -0.3 is 28.9 Å². The molecule has 12 heteroatoms. The molecule has 0 aromatic carbocycles. The number of hydrogen-bond acceptors (Lipinski definition) is 10. The first kappa shape index (κ1) is 56.7. The third kappa shape index (κ3) is 29.7. The molecular weight excluding hydrogens is 818 g/mol. The number of hydrogen-bond donors (Lipinski definition) is 2. The Kier molecular flexibility index (Phi) is 33.1. The van der Waals surface area contributed by atoms with Crippen molar-refractivity contribution in [3.8, 4) is 0 Å². The zero-order valence-electron chi connectivity index (χ0n) is 40.3. The maximum atomic E-state index is 12.7. The second-order valence-electron chi connectivity index (χ2n) is 17.8. The van der Waals surface area contributed by atoms with E-state index in [0.717, 1.165) is 82.1 Å². The summed E-state index contributed by atoms with van der Waals surface area (Å²) < 4.78 is 45.2. The van der Waals surface area contributed by atoms with Gasteiger partial charge in [-0.3, -0.25) is 18.6 Å². The second-order valence-corrected chi connectivity index (χ2v) is 19.3. The van der Waals surface area contributed by atoms with Crippen LogP contribution in [0, 0.1) is 13.8 Å². The van der Waals surface area contributed by atoms with E-state index in [-0.39, 0.29) is 32.6 Å². The minimum absolute atomic E-state index is 0.0459. The Morgan fingerprint density at radius 1 is 0.571 bits per heavy atom. The Labute approximate surface area is 382 Å². The molecule has 1 unspecified atom stereocenters. The largest absolute Gasteiger partial charge is 0.472 e. The van der Waals surface area contributed by atoms with Gasteiger partial charge in [0.2, 0.25) is 0 Å². The monoisotopic (exact) mass is 908 g/mol. The van der Waals surface area contributed by atoms with Gasteiger partial charge in [-0.15, -0.1) is 0 Å². The third-order valence-corrected chi connectivity index (χ3v) is 12.8. The van der Waals surface area contributed by atoms with E-state index in [0.29, 0.717) is 6.42 Å². The first-order valence-corrected chi connectivity index (χ1v) is 26.9. The summed E-state index contributed by atoms with van der Waals surface area (Å²) in [4.78, 5) is 35.2. The molecule has 2 aromatic rings. The summed E-state index contributed by atoms with van der Waals surface area (Å²) in [6.07, 6.45) is 33.3. The van der Waals surface area contributed by atoms with Gasteiger partial charge in [0.25, 0.3) is 0 Å². The predicted octanol–water partition coefficient (Wildman–Crippen LogP) is 13.9. The molecule has 0 saturated heterocycles. The highest BCUT2D eigenvalue weighted by atomic mass is 31.2. The highest BCUT2D eigenvalue weighted by Crippen LogP contribution is 2.43. The van der Waals surface area contributed by atoms with E-state index in [2.05, 4.69) is 39.8 Å². The van der Waals surface area contributed by atoms with Gasteiger partial charge in [0.15, 0.2) is 6.10 Å². The van der Waals surface area contributed by atoms with Crippen molar-refractivity contribution in [3.05, 3.63) is 46.3 Å². The molecule has 0 amide bonds. The Bertz CT molecular complexity index is 1490. The SMILES string of the molecule is CCCCCc1cc(C)c(CCCCCCCCCCCCC(=O)OC[C@H](COP(=O)(O)OCCN)OC(=O)CCCCCCCCCCCCc2oc(CCCCC)cc2C)o1. The van der Waals surface area contributed by atoms with E-state index < -0.39 is 32.5 Å². The van der Waals surface area contributed by atoms with E-state index in [1.54, 1.807) is 0 Å². The number of aryl methyl sites for hydroxylation is 6. The van der Waals surface area contributed by atoms with Gasteiger partial charge in [-0.25, -0.2) is 4.57 Å². The average molecular weight is 908 g/mol. The van der Waals surface area contributed by atoms with E-state index >= 15 is 0 Å². The molecule has 364 valence electrons. The van der Waals surface area contributed by atoms with Gasteiger partial charge >= 0.3 is 19.8 Å². The normalized spacial score (nSPS) is 13.0. The van der Waals surface area contributed by atoms with Crippen molar-refractivity contribution in [3.63, 3.8) is 0 Å². The van der Waals surface area contributed by atoms with Crippen LogP contribution in [0.15, 0.2) is 21.0 Å². The molecule has 0 saturated carbocycles. The summed E-state index contributed by atoms with van der Waals surface area (Å²) in [6, 6.07) is 4.45. The number of carbonyl (C=O) groups is 2. The lowest BCUT2D eigenvalue weighted by Gasteiger charge is -2.19. The molecule has 0 aliphatic rings. The fourth-order valence-corrected chi connectivity index (χ4v) is 8.73. The van der Waals surface area contributed by atoms with Crippen LogP contribution in [0.1, 0.15) is 228 Å². The van der Waals surface area contributed by atoms with Crippen LogP contribution in [0.2, 0.25) is 0 Å². The Morgan fingerprint density at radius 3 is 1.40 bits per heavy atom. The van der Waals surface area contributed by atoms with Crippen LogP contribution in [0.25, 0.3) is 0 Å². The highest BCUT2D eigenvalue weighted by Gasteiger charge is 2.26. The van der Waals surface area contributed by atoms with E-state index in [1.165, 1.54) is 138 Å². The first-order valence-electron chi connectivity index (χ1n) is 25.4. The molecule has 3 N–H and O–H groups in total. The third-order valence-electron chi connectivity index (χ3n) is 11.8. The van der Waals surface area contributed by atoms with Crippen molar-refractivity contribution >= 4 is 19.8 Å². The lowest BCUT2D eigenvalue weighted by Crippen LogP contribution is -2.29. The molecule has 2 atom stereocenters. The number of phosphoric acid groups is 1. The molecule has 11 nitrogen and oxygen atoms in total. The number of nitrogens with two attached hydrogens (primary N) is 1. The molecule has 2 rings (SSSR count). The van der Waals surface area contributed by atoms with Crippen molar-refractivity contribution in [1.82, 2.24) is 0 Å². The number of phosphoric ester groups is 1. The number of furan rings is 2. The summed E-state index contributed by atoms with van der Waals surface area (Å²) >= 11 is 0. The summed E-state index contributed by atoms with van der Waals surface area (Å²) in [7, 11) is -4.40. The number of unbranched alkanes of at least 4 members (excludes halogenated alkanes) is 22. The highest BCUT2D eigenvalue weighted by molar-refractivity contribution is 7.47. The average Bonchev–Trinajstić information content (AvgIpc) is 3.80. The number of rotatable bonds is 43. The van der Waals surface area contributed by atoms with Crippen LogP contribution in [0.3, 0.4) is 0 Å². The Morgan fingerprint density at radius 2 is 0.968 bits per heavy atom. The Hall–Kier alpha value is -2.43. The maximum absolute atomic E-state index is 12.7. The molecular formula is C51H90NO10P. The fraction of sp³-hybridized carbons (Fsp3) is 0.804. The van der Waals surface area contributed by atoms with Crippen molar-refractivity contribution < 1.29 is 46.4 Å². The Balaban J connectivity index is 1.51. The zero-order chi connectivity index (χ0) is 45.8. The molecule has 0 aliphatic heterocycles. The lowest BCUT2D eigenvalue weighted by molar-refractivity contribution is -0.161. The molecule has 0 bridgehead atoms. The topological polar surface area (TPSA) is 161 Å². The molecule has 0 radical (unpaired) electrons. The standard InChI is InChI=1S/C51H90NO10P/c1-5-7-25-31-45-39-43(3)48(60-45)33-27-21-17-13-9-11-15-19-23-29-35-50(53)57-41-47(42-59-63(55,56)58-38-37-52)62-51(54)36-30-24-20-16-12-10-14-18-22-28-34-49-44(4)40-46(61-49)32-26-8-6-2/h39-40,47H,5-38,41-42,52H2,1-4H3,(H,55,56)/t47-/m1/s1. The smallest absolute Gasteiger partial charge is 0.466 e. The van der Waals surface area contributed by atoms with Crippen LogP contribution >= 0.6 is 7.82 Å². The van der Waals surface area contributed by atoms with Crippen LogP contribution in [-0.2, 0) is 58.4 Å².